The van der Waals surface area contributed by atoms with Crippen molar-refractivity contribution in [2.45, 2.75) is 37.3 Å². The number of sulfonamides is 1. The van der Waals surface area contributed by atoms with Crippen molar-refractivity contribution >= 4 is 38.9 Å². The summed E-state index contributed by atoms with van der Waals surface area (Å²) in [6.07, 6.45) is -0.895. The predicted octanol–water partition coefficient (Wildman–Crippen LogP) is 2.01. The van der Waals surface area contributed by atoms with Crippen LogP contribution in [-0.4, -0.2) is 25.2 Å². The number of rotatable bonds is 4. The first-order chi connectivity index (χ1) is 8.47. The van der Waals surface area contributed by atoms with E-state index >= 15 is 0 Å². The molecule has 0 aromatic heterocycles. The second-order valence-corrected chi connectivity index (χ2v) is 7.25. The molecule has 0 aliphatic rings. The molecule has 0 aliphatic carbocycles. The van der Waals surface area contributed by atoms with Crippen molar-refractivity contribution in [3.8, 4) is 0 Å². The van der Waals surface area contributed by atoms with Gasteiger partial charge in [0.25, 0.3) is 0 Å². The summed E-state index contributed by atoms with van der Waals surface area (Å²) in [5, 5.41) is 9.42. The highest BCUT2D eigenvalue weighted by molar-refractivity contribution is 7.89. The maximum absolute atomic E-state index is 12.3. The molecule has 4 N–H and O–H groups in total. The highest BCUT2D eigenvalue weighted by atomic mass is 35.5. The molecule has 0 radical (unpaired) electrons. The number of anilines is 1. The normalized spacial score (nSPS) is 14.4. The van der Waals surface area contributed by atoms with Crippen LogP contribution in [0.3, 0.4) is 0 Å². The van der Waals surface area contributed by atoms with Crippen molar-refractivity contribution in [3.63, 3.8) is 0 Å². The SMILES string of the molecule is CC(O)C(C)(C)NS(=O)(=O)c1c(Cl)cc(N)cc1Cl. The molecule has 0 spiro atoms. The first-order valence-electron chi connectivity index (χ1n) is 5.44. The highest BCUT2D eigenvalue weighted by Gasteiger charge is 2.32. The molecule has 1 atom stereocenters. The zero-order valence-corrected chi connectivity index (χ0v) is 13.1. The topological polar surface area (TPSA) is 92.4 Å². The van der Waals surface area contributed by atoms with E-state index in [9.17, 15) is 13.5 Å². The number of hydrogen-bond donors (Lipinski definition) is 3. The molecule has 5 nitrogen and oxygen atoms in total. The fourth-order valence-corrected chi connectivity index (χ4v) is 4.03. The summed E-state index contributed by atoms with van der Waals surface area (Å²) < 4.78 is 26.9. The summed E-state index contributed by atoms with van der Waals surface area (Å²) in [6.45, 7) is 4.58. The molecule has 0 fully saturated rings. The van der Waals surface area contributed by atoms with Crippen LogP contribution in [0.25, 0.3) is 0 Å². The minimum Gasteiger partial charge on any atom is -0.399 e. The van der Waals surface area contributed by atoms with Crippen LogP contribution in [0.5, 0.6) is 0 Å². The average Bonchev–Trinajstić information content (AvgIpc) is 2.12. The van der Waals surface area contributed by atoms with E-state index in [2.05, 4.69) is 4.72 Å². The number of nitrogens with two attached hydrogens (primary N) is 1. The van der Waals surface area contributed by atoms with Gasteiger partial charge in [-0.05, 0) is 32.9 Å². The number of aliphatic hydroxyl groups is 1. The monoisotopic (exact) mass is 326 g/mol. The molecule has 108 valence electrons. The zero-order valence-electron chi connectivity index (χ0n) is 10.7. The molecule has 1 rings (SSSR count). The Morgan fingerprint density at radius 3 is 2.11 bits per heavy atom. The average molecular weight is 327 g/mol. The largest absolute Gasteiger partial charge is 0.399 e. The number of hydrogen-bond acceptors (Lipinski definition) is 4. The van der Waals surface area contributed by atoms with Crippen LogP contribution in [0.2, 0.25) is 10.0 Å². The smallest absolute Gasteiger partial charge is 0.244 e. The number of halogens is 2. The first-order valence-corrected chi connectivity index (χ1v) is 7.68. The van der Waals surface area contributed by atoms with Gasteiger partial charge in [0.05, 0.1) is 21.7 Å². The lowest BCUT2D eigenvalue weighted by Gasteiger charge is -2.29. The quantitative estimate of drug-likeness (QED) is 0.738. The van der Waals surface area contributed by atoms with Crippen LogP contribution in [0, 0.1) is 0 Å². The molecule has 0 aliphatic heterocycles. The summed E-state index contributed by atoms with van der Waals surface area (Å²) in [6, 6.07) is 2.61. The molecule has 1 unspecified atom stereocenters. The van der Waals surface area contributed by atoms with E-state index in [1.54, 1.807) is 13.8 Å². The van der Waals surface area contributed by atoms with Crippen LogP contribution in [0.15, 0.2) is 17.0 Å². The maximum Gasteiger partial charge on any atom is 0.244 e. The minimum absolute atomic E-state index is 0.0705. The lowest BCUT2D eigenvalue weighted by Crippen LogP contribution is -2.50. The van der Waals surface area contributed by atoms with E-state index in [-0.39, 0.29) is 20.6 Å². The Balaban J connectivity index is 3.30. The lowest BCUT2D eigenvalue weighted by atomic mass is 10.0. The van der Waals surface area contributed by atoms with Crippen molar-refractivity contribution in [3.05, 3.63) is 22.2 Å². The van der Waals surface area contributed by atoms with Gasteiger partial charge in [-0.15, -0.1) is 0 Å². The van der Waals surface area contributed by atoms with Crippen LogP contribution in [0.1, 0.15) is 20.8 Å². The molecule has 0 saturated heterocycles. The Morgan fingerprint density at radius 1 is 1.32 bits per heavy atom. The number of nitrogen functional groups attached to an aromatic ring is 1. The Bertz CT molecular complexity index is 563. The van der Waals surface area contributed by atoms with Crippen LogP contribution < -0.4 is 10.5 Å². The molecule has 8 heteroatoms. The molecule has 1 aromatic rings. The molecular weight excluding hydrogens is 311 g/mol. The second kappa shape index (κ2) is 5.46. The third-order valence-corrected chi connectivity index (χ3v) is 5.32. The van der Waals surface area contributed by atoms with Gasteiger partial charge in [0, 0.05) is 5.69 Å². The molecule has 0 amide bonds. The van der Waals surface area contributed by atoms with Gasteiger partial charge in [-0.2, -0.15) is 0 Å². The van der Waals surface area contributed by atoms with Gasteiger partial charge in [0.15, 0.2) is 0 Å². The molecule has 19 heavy (non-hydrogen) atoms. The van der Waals surface area contributed by atoms with E-state index in [4.69, 9.17) is 28.9 Å². The van der Waals surface area contributed by atoms with Gasteiger partial charge in [0.1, 0.15) is 4.90 Å². The summed E-state index contributed by atoms with van der Waals surface area (Å²) in [4.78, 5) is -0.251. The van der Waals surface area contributed by atoms with Crippen molar-refractivity contribution in [2.75, 3.05) is 5.73 Å². The first kappa shape index (κ1) is 16.5. The van der Waals surface area contributed by atoms with Crippen molar-refractivity contribution in [1.29, 1.82) is 0 Å². The van der Waals surface area contributed by atoms with Gasteiger partial charge in [-0.1, -0.05) is 23.2 Å². The van der Waals surface area contributed by atoms with Gasteiger partial charge < -0.3 is 10.8 Å². The third kappa shape index (κ3) is 3.73. The van der Waals surface area contributed by atoms with E-state index < -0.39 is 21.7 Å². The standard InChI is InChI=1S/C11H16Cl2N2O3S/c1-6(16)11(2,3)15-19(17,18)10-8(12)4-7(14)5-9(10)13/h4-6,15-16H,14H2,1-3H3. The summed E-state index contributed by atoms with van der Waals surface area (Å²) in [5.41, 5.74) is 4.73. The molecular formula is C11H16Cl2N2O3S. The Hall–Kier alpha value is -0.530. The van der Waals surface area contributed by atoms with Gasteiger partial charge in [0.2, 0.25) is 10.0 Å². The maximum atomic E-state index is 12.3. The van der Waals surface area contributed by atoms with Gasteiger partial charge >= 0.3 is 0 Å². The van der Waals surface area contributed by atoms with E-state index in [0.29, 0.717) is 0 Å². The van der Waals surface area contributed by atoms with Crippen LogP contribution in [0.4, 0.5) is 5.69 Å². The summed E-state index contributed by atoms with van der Waals surface area (Å²) in [7, 11) is -3.97. The predicted molar refractivity (Wildman–Crippen MR) is 77.0 cm³/mol. The fourth-order valence-electron chi connectivity index (χ4n) is 1.32. The summed E-state index contributed by atoms with van der Waals surface area (Å²) in [5.74, 6) is 0. The number of aliphatic hydroxyl groups excluding tert-OH is 1. The Morgan fingerprint density at radius 2 is 1.74 bits per heavy atom. The van der Waals surface area contributed by atoms with Crippen molar-refractivity contribution in [1.82, 2.24) is 4.72 Å². The minimum atomic E-state index is -3.97. The molecule has 0 saturated carbocycles. The second-order valence-electron chi connectivity index (χ2n) is 4.82. The van der Waals surface area contributed by atoms with Gasteiger partial charge in [-0.3, -0.25) is 0 Å². The molecule has 0 heterocycles. The fraction of sp³-hybridized carbons (Fsp3) is 0.455. The zero-order chi connectivity index (χ0) is 15.0. The van der Waals surface area contributed by atoms with E-state index in [1.165, 1.54) is 19.1 Å². The Labute approximate surface area is 122 Å². The molecule has 1 aromatic carbocycles. The number of benzene rings is 1. The summed E-state index contributed by atoms with van der Waals surface area (Å²) >= 11 is 11.8. The van der Waals surface area contributed by atoms with Crippen LogP contribution in [-0.2, 0) is 10.0 Å². The third-order valence-electron chi connectivity index (χ3n) is 2.73. The van der Waals surface area contributed by atoms with Crippen molar-refractivity contribution in [2.24, 2.45) is 0 Å². The van der Waals surface area contributed by atoms with Crippen molar-refractivity contribution < 1.29 is 13.5 Å². The Kier molecular flexibility index (Phi) is 4.75. The van der Waals surface area contributed by atoms with Crippen LogP contribution >= 0.6 is 23.2 Å². The van der Waals surface area contributed by atoms with E-state index in [1.807, 2.05) is 0 Å². The molecule has 0 bridgehead atoms. The highest BCUT2D eigenvalue weighted by Crippen LogP contribution is 2.32. The lowest BCUT2D eigenvalue weighted by molar-refractivity contribution is 0.111. The number of nitrogens with one attached hydrogen (secondary N) is 1. The van der Waals surface area contributed by atoms with E-state index in [0.717, 1.165) is 0 Å². The van der Waals surface area contributed by atoms with Gasteiger partial charge in [-0.25, -0.2) is 13.1 Å².